The Kier molecular flexibility index (Phi) is 1.32. The summed E-state index contributed by atoms with van der Waals surface area (Å²) < 4.78 is 0. The smallest absolute Gasteiger partial charge is 0.0458 e. The molecule has 1 unspecified atom stereocenters. The normalized spacial score (nSPS) is 20.8. The molecular weight excluding hydrogens is 158 g/mol. The van der Waals surface area contributed by atoms with Crippen molar-refractivity contribution >= 4 is 10.9 Å². The third kappa shape index (κ3) is 0.932. The van der Waals surface area contributed by atoms with E-state index in [-0.39, 0.29) is 0 Å². The summed E-state index contributed by atoms with van der Waals surface area (Å²) in [5.74, 6) is 0.825. The number of aromatic amines is 1. The number of nitrogens with one attached hydrogen (secondary N) is 1. The minimum absolute atomic E-state index is 0.825. The van der Waals surface area contributed by atoms with Crippen LogP contribution in [0.5, 0.6) is 0 Å². The summed E-state index contributed by atoms with van der Waals surface area (Å²) in [6, 6.07) is 8.61. The van der Waals surface area contributed by atoms with Crippen LogP contribution in [0, 0.1) is 5.92 Å². The fourth-order valence-corrected chi connectivity index (χ4v) is 2.43. The SMILES string of the molecule is CC1Cc2[nH]c3ccccc3c2C1. The monoisotopic (exact) mass is 171 g/mol. The molecule has 0 spiro atoms. The maximum Gasteiger partial charge on any atom is 0.0458 e. The number of hydrogen-bond acceptors (Lipinski definition) is 0. The molecule has 1 N–H and O–H groups in total. The van der Waals surface area contributed by atoms with Crippen molar-refractivity contribution in [3.8, 4) is 0 Å². The third-order valence-electron chi connectivity index (χ3n) is 3.01. The molecule has 0 saturated heterocycles. The van der Waals surface area contributed by atoms with Crippen molar-refractivity contribution in [3.05, 3.63) is 35.5 Å². The van der Waals surface area contributed by atoms with Gasteiger partial charge in [-0.1, -0.05) is 25.1 Å². The molecule has 0 fully saturated rings. The average molecular weight is 171 g/mol. The van der Waals surface area contributed by atoms with Gasteiger partial charge in [0.25, 0.3) is 0 Å². The Bertz CT molecular complexity index is 453. The Labute approximate surface area is 77.8 Å². The van der Waals surface area contributed by atoms with Gasteiger partial charge in [-0.3, -0.25) is 0 Å². The van der Waals surface area contributed by atoms with Crippen LogP contribution >= 0.6 is 0 Å². The standard InChI is InChI=1S/C12H13N/c1-8-6-10-9-4-2-3-5-11(9)13-12(10)7-8/h2-5,8,13H,6-7H2,1H3. The summed E-state index contributed by atoms with van der Waals surface area (Å²) in [4.78, 5) is 3.51. The van der Waals surface area contributed by atoms with E-state index in [1.807, 2.05) is 0 Å². The first-order chi connectivity index (χ1) is 6.34. The van der Waals surface area contributed by atoms with Crippen LogP contribution in [-0.2, 0) is 12.8 Å². The molecule has 0 radical (unpaired) electrons. The molecule has 1 nitrogen and oxygen atoms in total. The summed E-state index contributed by atoms with van der Waals surface area (Å²) in [5.41, 5.74) is 4.33. The van der Waals surface area contributed by atoms with Crippen LogP contribution in [0.1, 0.15) is 18.2 Å². The molecule has 1 heteroatoms. The zero-order valence-electron chi connectivity index (χ0n) is 7.80. The van der Waals surface area contributed by atoms with E-state index in [4.69, 9.17) is 0 Å². The van der Waals surface area contributed by atoms with Gasteiger partial charge >= 0.3 is 0 Å². The molecule has 1 aromatic carbocycles. The summed E-state index contributed by atoms with van der Waals surface area (Å²) in [6.07, 6.45) is 2.48. The largest absolute Gasteiger partial charge is 0.358 e. The predicted octanol–water partition coefficient (Wildman–Crippen LogP) is 2.90. The van der Waals surface area contributed by atoms with Gasteiger partial charge in [0.05, 0.1) is 0 Å². The lowest BCUT2D eigenvalue weighted by Crippen LogP contribution is -1.91. The second-order valence-electron chi connectivity index (χ2n) is 4.14. The molecule has 2 aromatic rings. The lowest BCUT2D eigenvalue weighted by molar-refractivity contribution is 0.623. The van der Waals surface area contributed by atoms with Crippen LogP contribution in [0.3, 0.4) is 0 Å². The topological polar surface area (TPSA) is 15.8 Å². The first-order valence-electron chi connectivity index (χ1n) is 4.93. The lowest BCUT2D eigenvalue weighted by Gasteiger charge is -1.98. The van der Waals surface area contributed by atoms with Crippen molar-refractivity contribution in [2.75, 3.05) is 0 Å². The average Bonchev–Trinajstić information content (AvgIpc) is 2.60. The summed E-state index contributed by atoms with van der Waals surface area (Å²) in [6.45, 7) is 2.32. The zero-order valence-corrected chi connectivity index (χ0v) is 7.80. The maximum atomic E-state index is 3.51. The number of rotatable bonds is 0. The number of benzene rings is 1. The second kappa shape index (κ2) is 2.38. The van der Waals surface area contributed by atoms with E-state index >= 15 is 0 Å². The van der Waals surface area contributed by atoms with Gasteiger partial charge < -0.3 is 4.98 Å². The van der Waals surface area contributed by atoms with Crippen LogP contribution in [0.4, 0.5) is 0 Å². The predicted molar refractivity (Wildman–Crippen MR) is 54.9 cm³/mol. The van der Waals surface area contributed by atoms with E-state index in [0.717, 1.165) is 5.92 Å². The number of fused-ring (bicyclic) bond motifs is 3. The molecule has 1 heterocycles. The van der Waals surface area contributed by atoms with Gasteiger partial charge in [-0.05, 0) is 30.4 Å². The van der Waals surface area contributed by atoms with Gasteiger partial charge in [-0.15, -0.1) is 0 Å². The molecule has 0 aliphatic heterocycles. The highest BCUT2D eigenvalue weighted by Gasteiger charge is 2.21. The first-order valence-corrected chi connectivity index (χ1v) is 4.93. The number of aromatic nitrogens is 1. The van der Waals surface area contributed by atoms with Gasteiger partial charge in [-0.2, -0.15) is 0 Å². The molecule has 0 amide bonds. The summed E-state index contributed by atoms with van der Waals surface area (Å²) in [5, 5.41) is 1.43. The van der Waals surface area contributed by atoms with Crippen LogP contribution in [0.2, 0.25) is 0 Å². The van der Waals surface area contributed by atoms with Gasteiger partial charge in [0.15, 0.2) is 0 Å². The van der Waals surface area contributed by atoms with Gasteiger partial charge in [0.1, 0.15) is 0 Å². The molecule has 1 aromatic heterocycles. The molecule has 1 aliphatic carbocycles. The highest BCUT2D eigenvalue weighted by Crippen LogP contribution is 2.32. The van der Waals surface area contributed by atoms with Gasteiger partial charge in [-0.25, -0.2) is 0 Å². The lowest BCUT2D eigenvalue weighted by atomic mass is 10.1. The fraction of sp³-hybridized carbons (Fsp3) is 0.333. The van der Waals surface area contributed by atoms with E-state index in [0.29, 0.717) is 0 Å². The van der Waals surface area contributed by atoms with E-state index in [2.05, 4.69) is 36.2 Å². The van der Waals surface area contributed by atoms with Crippen molar-refractivity contribution in [2.24, 2.45) is 5.92 Å². The number of H-pyrrole nitrogens is 1. The van der Waals surface area contributed by atoms with Crippen molar-refractivity contribution in [2.45, 2.75) is 19.8 Å². The molecular formula is C12H13N. The van der Waals surface area contributed by atoms with Crippen LogP contribution in [-0.4, -0.2) is 4.98 Å². The number of para-hydroxylation sites is 1. The van der Waals surface area contributed by atoms with E-state index in [1.54, 1.807) is 5.56 Å². The third-order valence-corrected chi connectivity index (χ3v) is 3.01. The zero-order chi connectivity index (χ0) is 8.84. The summed E-state index contributed by atoms with van der Waals surface area (Å²) in [7, 11) is 0. The maximum absolute atomic E-state index is 3.51. The molecule has 0 bridgehead atoms. The van der Waals surface area contributed by atoms with Crippen LogP contribution in [0.15, 0.2) is 24.3 Å². The Hall–Kier alpha value is -1.24. The quantitative estimate of drug-likeness (QED) is 0.627. The molecule has 66 valence electrons. The van der Waals surface area contributed by atoms with Gasteiger partial charge in [0.2, 0.25) is 0 Å². The van der Waals surface area contributed by atoms with Crippen LogP contribution in [0.25, 0.3) is 10.9 Å². The Morgan fingerprint density at radius 1 is 1.23 bits per heavy atom. The van der Waals surface area contributed by atoms with Crippen molar-refractivity contribution in [1.29, 1.82) is 0 Å². The molecule has 1 aliphatic rings. The Balaban J connectivity index is 2.31. The highest BCUT2D eigenvalue weighted by atomic mass is 14.7. The molecule has 3 rings (SSSR count). The van der Waals surface area contributed by atoms with Crippen molar-refractivity contribution in [3.63, 3.8) is 0 Å². The Morgan fingerprint density at radius 2 is 2.08 bits per heavy atom. The first kappa shape index (κ1) is 7.19. The Morgan fingerprint density at radius 3 is 3.00 bits per heavy atom. The van der Waals surface area contributed by atoms with Crippen molar-refractivity contribution < 1.29 is 0 Å². The second-order valence-corrected chi connectivity index (χ2v) is 4.14. The van der Waals surface area contributed by atoms with E-state index in [9.17, 15) is 0 Å². The molecule has 13 heavy (non-hydrogen) atoms. The van der Waals surface area contributed by atoms with Crippen molar-refractivity contribution in [1.82, 2.24) is 4.98 Å². The van der Waals surface area contributed by atoms with Crippen LogP contribution < -0.4 is 0 Å². The minimum atomic E-state index is 0.825. The molecule has 1 atom stereocenters. The summed E-state index contributed by atoms with van der Waals surface area (Å²) >= 11 is 0. The van der Waals surface area contributed by atoms with Gasteiger partial charge in [0, 0.05) is 16.6 Å². The van der Waals surface area contributed by atoms with E-state index in [1.165, 1.54) is 29.4 Å². The highest BCUT2D eigenvalue weighted by molar-refractivity contribution is 5.85. The van der Waals surface area contributed by atoms with E-state index < -0.39 is 0 Å². The molecule has 0 saturated carbocycles. The minimum Gasteiger partial charge on any atom is -0.358 e. The fourth-order valence-electron chi connectivity index (χ4n) is 2.43. The number of hydrogen-bond donors (Lipinski definition) is 1.